The Bertz CT molecular complexity index is 528. The normalized spacial score (nSPS) is 21.8. The highest BCUT2D eigenvalue weighted by Crippen LogP contribution is 2.29. The monoisotopic (exact) mass is 273 g/mol. The van der Waals surface area contributed by atoms with Crippen molar-refractivity contribution in [3.05, 3.63) is 23.8 Å². The van der Waals surface area contributed by atoms with E-state index >= 15 is 0 Å². The lowest BCUT2D eigenvalue weighted by Crippen LogP contribution is -2.30. The molecule has 0 unspecified atom stereocenters. The number of carbonyl (C=O) groups excluding carboxylic acids is 1. The van der Waals surface area contributed by atoms with Gasteiger partial charge in [-0.1, -0.05) is 0 Å². The number of benzene rings is 1. The quantitative estimate of drug-likeness (QED) is 0.651. The van der Waals surface area contributed by atoms with Gasteiger partial charge in [-0.05, 0) is 43.9 Å². The minimum Gasteiger partial charge on any atom is -0.469 e. The second-order valence-corrected chi connectivity index (χ2v) is 5.13. The molecule has 2 rings (SSSR count). The molecule has 1 aromatic carbocycles. The lowest BCUT2D eigenvalue weighted by Gasteiger charge is -2.28. The van der Waals surface area contributed by atoms with E-state index in [0.717, 1.165) is 31.4 Å². The van der Waals surface area contributed by atoms with Crippen LogP contribution in [0.15, 0.2) is 18.2 Å². The summed E-state index contributed by atoms with van der Waals surface area (Å²) < 4.78 is 4.78. The fourth-order valence-electron chi connectivity index (χ4n) is 2.62. The van der Waals surface area contributed by atoms with E-state index in [9.17, 15) is 4.79 Å². The first-order valence-corrected chi connectivity index (χ1v) is 6.78. The number of rotatable bonds is 3. The van der Waals surface area contributed by atoms with Gasteiger partial charge in [0.1, 0.15) is 0 Å². The van der Waals surface area contributed by atoms with E-state index in [1.165, 1.54) is 7.11 Å². The van der Waals surface area contributed by atoms with Gasteiger partial charge in [0.05, 0.1) is 36.0 Å². The summed E-state index contributed by atoms with van der Waals surface area (Å²) in [6.45, 7) is 0. The summed E-state index contributed by atoms with van der Waals surface area (Å²) >= 11 is 0. The zero-order valence-electron chi connectivity index (χ0n) is 11.6. The van der Waals surface area contributed by atoms with E-state index in [2.05, 4.69) is 11.4 Å². The predicted octanol–water partition coefficient (Wildman–Crippen LogP) is 2.28. The van der Waals surface area contributed by atoms with E-state index in [4.69, 9.17) is 15.7 Å². The molecule has 1 fully saturated rings. The summed E-state index contributed by atoms with van der Waals surface area (Å²) in [6, 6.07) is 7.63. The predicted molar refractivity (Wildman–Crippen MR) is 77.0 cm³/mol. The Labute approximate surface area is 118 Å². The van der Waals surface area contributed by atoms with Crippen molar-refractivity contribution in [1.82, 2.24) is 0 Å². The van der Waals surface area contributed by atoms with E-state index in [0.29, 0.717) is 17.3 Å². The fraction of sp³-hybridized carbons (Fsp3) is 0.467. The van der Waals surface area contributed by atoms with E-state index in [1.807, 2.05) is 6.07 Å². The Morgan fingerprint density at radius 1 is 1.40 bits per heavy atom. The number of nitrogens with two attached hydrogens (primary N) is 1. The minimum absolute atomic E-state index is 0.0244. The zero-order valence-corrected chi connectivity index (χ0v) is 11.6. The smallest absolute Gasteiger partial charge is 0.308 e. The second kappa shape index (κ2) is 6.29. The minimum atomic E-state index is -0.110. The Hall–Kier alpha value is -2.22. The van der Waals surface area contributed by atoms with E-state index < -0.39 is 0 Å². The molecule has 0 radical (unpaired) electrons. The van der Waals surface area contributed by atoms with Crippen LogP contribution in [0.1, 0.15) is 31.2 Å². The number of ether oxygens (including phenoxy) is 1. The van der Waals surface area contributed by atoms with Crippen LogP contribution >= 0.6 is 0 Å². The number of esters is 1. The summed E-state index contributed by atoms with van der Waals surface area (Å²) in [5.41, 5.74) is 7.92. The number of nitrogens with zero attached hydrogens (tertiary/aromatic N) is 1. The molecule has 3 N–H and O–H groups in total. The highest BCUT2D eigenvalue weighted by Gasteiger charge is 2.26. The van der Waals surface area contributed by atoms with Crippen molar-refractivity contribution in [3.8, 4) is 6.07 Å². The molecule has 0 spiro atoms. The SMILES string of the molecule is COC(=O)C1CCC(Nc2ccc(C#N)cc2N)CC1. The molecular weight excluding hydrogens is 254 g/mol. The molecule has 1 aromatic rings. The van der Waals surface area contributed by atoms with E-state index in [1.54, 1.807) is 12.1 Å². The first kappa shape index (κ1) is 14.2. The van der Waals surface area contributed by atoms with Crippen molar-refractivity contribution < 1.29 is 9.53 Å². The van der Waals surface area contributed by atoms with Gasteiger partial charge in [0.15, 0.2) is 0 Å². The summed E-state index contributed by atoms with van der Waals surface area (Å²) in [5.74, 6) is -0.0855. The van der Waals surface area contributed by atoms with Gasteiger partial charge in [-0.3, -0.25) is 4.79 Å². The Morgan fingerprint density at radius 3 is 2.65 bits per heavy atom. The maximum absolute atomic E-state index is 11.5. The van der Waals surface area contributed by atoms with Gasteiger partial charge >= 0.3 is 5.97 Å². The van der Waals surface area contributed by atoms with Crippen LogP contribution < -0.4 is 11.1 Å². The number of anilines is 2. The first-order chi connectivity index (χ1) is 9.63. The molecule has 0 heterocycles. The largest absolute Gasteiger partial charge is 0.469 e. The number of nitriles is 1. The third-order valence-corrected chi connectivity index (χ3v) is 3.80. The number of carbonyl (C=O) groups is 1. The number of hydrogen-bond acceptors (Lipinski definition) is 5. The molecule has 1 saturated carbocycles. The van der Waals surface area contributed by atoms with Crippen LogP contribution in [0.4, 0.5) is 11.4 Å². The van der Waals surface area contributed by atoms with Crippen LogP contribution in [0.3, 0.4) is 0 Å². The van der Waals surface area contributed by atoms with Crippen molar-refractivity contribution in [3.63, 3.8) is 0 Å². The third-order valence-electron chi connectivity index (χ3n) is 3.80. The number of methoxy groups -OCH3 is 1. The molecular formula is C15H19N3O2. The standard InChI is InChI=1S/C15H19N3O2/c1-20-15(19)11-3-5-12(6-4-11)18-14-7-2-10(9-16)8-13(14)17/h2,7-8,11-12,18H,3-6,17H2,1H3. The van der Waals surface area contributed by atoms with Gasteiger partial charge in [0.2, 0.25) is 0 Å². The van der Waals surface area contributed by atoms with Crippen molar-refractivity contribution in [1.29, 1.82) is 5.26 Å². The molecule has 5 heteroatoms. The topological polar surface area (TPSA) is 88.1 Å². The van der Waals surface area contributed by atoms with Crippen LogP contribution in [0.25, 0.3) is 0 Å². The van der Waals surface area contributed by atoms with Crippen molar-refractivity contribution in [2.24, 2.45) is 5.92 Å². The molecule has 0 aliphatic heterocycles. The summed E-state index contributed by atoms with van der Waals surface area (Å²) in [4.78, 5) is 11.5. The van der Waals surface area contributed by atoms with Gasteiger partial charge in [0.25, 0.3) is 0 Å². The van der Waals surface area contributed by atoms with Gasteiger partial charge in [-0.25, -0.2) is 0 Å². The van der Waals surface area contributed by atoms with E-state index in [-0.39, 0.29) is 11.9 Å². The number of nitrogen functional groups attached to an aromatic ring is 1. The second-order valence-electron chi connectivity index (χ2n) is 5.13. The van der Waals surface area contributed by atoms with Crippen molar-refractivity contribution in [2.45, 2.75) is 31.7 Å². The van der Waals surface area contributed by atoms with Crippen molar-refractivity contribution >= 4 is 17.3 Å². The Morgan fingerprint density at radius 2 is 2.10 bits per heavy atom. The highest BCUT2D eigenvalue weighted by atomic mass is 16.5. The molecule has 0 saturated heterocycles. The maximum atomic E-state index is 11.5. The molecule has 0 amide bonds. The molecule has 106 valence electrons. The lowest BCUT2D eigenvalue weighted by atomic mass is 9.86. The van der Waals surface area contributed by atoms with Crippen LogP contribution in [0.5, 0.6) is 0 Å². The fourth-order valence-corrected chi connectivity index (χ4v) is 2.62. The van der Waals surface area contributed by atoms with Gasteiger partial charge < -0.3 is 15.8 Å². The highest BCUT2D eigenvalue weighted by molar-refractivity contribution is 5.72. The Balaban J connectivity index is 1.93. The van der Waals surface area contributed by atoms with Gasteiger partial charge in [-0.15, -0.1) is 0 Å². The lowest BCUT2D eigenvalue weighted by molar-refractivity contribution is -0.146. The van der Waals surface area contributed by atoms with Crippen LogP contribution in [-0.2, 0) is 9.53 Å². The van der Waals surface area contributed by atoms with Gasteiger partial charge in [0, 0.05) is 6.04 Å². The van der Waals surface area contributed by atoms with Crippen LogP contribution in [0, 0.1) is 17.2 Å². The number of nitrogens with one attached hydrogen (secondary N) is 1. The van der Waals surface area contributed by atoms with Gasteiger partial charge in [-0.2, -0.15) is 5.26 Å². The first-order valence-electron chi connectivity index (χ1n) is 6.78. The maximum Gasteiger partial charge on any atom is 0.308 e. The van der Waals surface area contributed by atoms with Crippen LogP contribution in [-0.4, -0.2) is 19.1 Å². The summed E-state index contributed by atoms with van der Waals surface area (Å²) in [6.07, 6.45) is 3.50. The summed E-state index contributed by atoms with van der Waals surface area (Å²) in [7, 11) is 1.43. The summed E-state index contributed by atoms with van der Waals surface area (Å²) in [5, 5.41) is 12.2. The molecule has 1 aliphatic carbocycles. The molecule has 0 aromatic heterocycles. The molecule has 1 aliphatic rings. The molecule has 20 heavy (non-hydrogen) atoms. The third kappa shape index (κ3) is 3.21. The molecule has 5 nitrogen and oxygen atoms in total. The van der Waals surface area contributed by atoms with Crippen molar-refractivity contribution in [2.75, 3.05) is 18.2 Å². The average Bonchev–Trinajstić information content (AvgIpc) is 2.49. The molecule has 0 atom stereocenters. The Kier molecular flexibility index (Phi) is 4.46. The molecule has 0 bridgehead atoms. The van der Waals surface area contributed by atoms with Crippen LogP contribution in [0.2, 0.25) is 0 Å². The number of hydrogen-bond donors (Lipinski definition) is 2. The zero-order chi connectivity index (χ0) is 14.5. The average molecular weight is 273 g/mol.